The zero-order chi connectivity index (χ0) is 14.1. The number of nitrogens with zero attached hydrogens (tertiary/aromatic N) is 1. The predicted molar refractivity (Wildman–Crippen MR) is 72.8 cm³/mol. The van der Waals surface area contributed by atoms with E-state index < -0.39 is 0 Å². The largest absolute Gasteiger partial charge is 0.447 e. The van der Waals surface area contributed by atoms with Gasteiger partial charge in [-0.25, -0.2) is 4.79 Å². The van der Waals surface area contributed by atoms with E-state index in [0.29, 0.717) is 26.3 Å². The lowest BCUT2D eigenvalue weighted by Gasteiger charge is -2.08. The Hall–Kier alpha value is -1.74. The van der Waals surface area contributed by atoms with E-state index in [9.17, 15) is 4.79 Å². The number of ether oxygens (including phenoxy) is 1. The second-order valence-corrected chi connectivity index (χ2v) is 4.48. The van der Waals surface area contributed by atoms with E-state index in [-0.39, 0.29) is 18.1 Å². The molecule has 0 radical (unpaired) electrons. The molecule has 106 valence electrons. The number of hydrogen-bond donors (Lipinski definition) is 2. The van der Waals surface area contributed by atoms with Crippen LogP contribution in [0.4, 0.5) is 4.79 Å². The third kappa shape index (κ3) is 6.11. The van der Waals surface area contributed by atoms with Crippen LogP contribution < -0.4 is 10.6 Å². The first-order chi connectivity index (χ1) is 9.13. The van der Waals surface area contributed by atoms with Gasteiger partial charge < -0.3 is 20.2 Å². The first kappa shape index (κ1) is 15.3. The Bertz CT molecular complexity index is 382. The van der Waals surface area contributed by atoms with Crippen molar-refractivity contribution in [1.29, 1.82) is 0 Å². The standard InChI is InChI=1S/C13H21N3O3/c1-4-5-12(10(2)3)16-19-7-6-14-8-11-9-18-13(17)15-11/h10-11,14H,6-9H2,1-3H3,(H,15,17)/b16-12+/t11-/m1/s1. The van der Waals surface area contributed by atoms with Gasteiger partial charge in [0.2, 0.25) is 0 Å². The van der Waals surface area contributed by atoms with Gasteiger partial charge >= 0.3 is 6.09 Å². The Balaban J connectivity index is 2.11. The van der Waals surface area contributed by atoms with Crippen LogP contribution in [-0.4, -0.2) is 44.2 Å². The molecule has 1 atom stereocenters. The number of hydrogen-bond acceptors (Lipinski definition) is 5. The van der Waals surface area contributed by atoms with Crippen molar-refractivity contribution in [3.8, 4) is 11.8 Å². The fourth-order valence-corrected chi connectivity index (χ4v) is 1.45. The van der Waals surface area contributed by atoms with E-state index in [1.165, 1.54) is 0 Å². The van der Waals surface area contributed by atoms with Crippen LogP contribution in [0.5, 0.6) is 0 Å². The molecule has 1 heterocycles. The minimum absolute atomic E-state index is 0.0354. The maximum atomic E-state index is 10.8. The molecule has 1 aliphatic heterocycles. The summed E-state index contributed by atoms with van der Waals surface area (Å²) in [5.74, 6) is 5.98. The van der Waals surface area contributed by atoms with Crippen LogP contribution >= 0.6 is 0 Å². The van der Waals surface area contributed by atoms with Gasteiger partial charge in [-0.05, 0) is 12.8 Å². The van der Waals surface area contributed by atoms with E-state index in [2.05, 4.69) is 27.6 Å². The molecule has 1 aliphatic rings. The van der Waals surface area contributed by atoms with Gasteiger partial charge in [0.1, 0.15) is 18.9 Å². The Labute approximate surface area is 113 Å². The van der Waals surface area contributed by atoms with E-state index >= 15 is 0 Å². The summed E-state index contributed by atoms with van der Waals surface area (Å²) in [4.78, 5) is 16.0. The Morgan fingerprint density at radius 2 is 2.47 bits per heavy atom. The second kappa shape index (κ2) is 8.38. The number of rotatable bonds is 7. The number of nitrogens with one attached hydrogen (secondary N) is 2. The topological polar surface area (TPSA) is 71.9 Å². The maximum Gasteiger partial charge on any atom is 0.407 e. The van der Waals surface area contributed by atoms with Crippen molar-refractivity contribution in [2.75, 3.05) is 26.3 Å². The number of carbonyl (C=O) groups is 1. The summed E-state index contributed by atoms with van der Waals surface area (Å²) in [5, 5.41) is 9.85. The molecular formula is C13H21N3O3. The van der Waals surface area contributed by atoms with Crippen molar-refractivity contribution in [3.05, 3.63) is 0 Å². The molecule has 0 spiro atoms. The molecular weight excluding hydrogens is 246 g/mol. The zero-order valence-electron chi connectivity index (χ0n) is 11.7. The van der Waals surface area contributed by atoms with Crippen LogP contribution in [0.3, 0.4) is 0 Å². The SMILES string of the molecule is CC#C/C(=N\OCCNC[C@@H]1COC(=O)N1)C(C)C. The van der Waals surface area contributed by atoms with Crippen LogP contribution in [0.1, 0.15) is 20.8 Å². The van der Waals surface area contributed by atoms with Crippen molar-refractivity contribution in [1.82, 2.24) is 10.6 Å². The van der Waals surface area contributed by atoms with Crippen molar-refractivity contribution in [2.45, 2.75) is 26.8 Å². The van der Waals surface area contributed by atoms with Gasteiger partial charge in [0.15, 0.2) is 0 Å². The number of alkyl carbamates (subject to hydrolysis) is 1. The van der Waals surface area contributed by atoms with Crippen LogP contribution in [0, 0.1) is 17.8 Å². The molecule has 0 aromatic heterocycles. The smallest absolute Gasteiger partial charge is 0.407 e. The molecule has 0 aliphatic carbocycles. The fraction of sp³-hybridized carbons (Fsp3) is 0.692. The molecule has 1 amide bonds. The summed E-state index contributed by atoms with van der Waals surface area (Å²) in [7, 11) is 0. The molecule has 0 bridgehead atoms. The number of cyclic esters (lactones) is 1. The molecule has 0 aromatic rings. The predicted octanol–water partition coefficient (Wildman–Crippen LogP) is 0.736. The summed E-state index contributed by atoms with van der Waals surface area (Å²) in [6.45, 7) is 8.00. The van der Waals surface area contributed by atoms with Crippen LogP contribution in [0.25, 0.3) is 0 Å². The van der Waals surface area contributed by atoms with Crippen LogP contribution in [0.15, 0.2) is 5.16 Å². The highest BCUT2D eigenvalue weighted by Gasteiger charge is 2.21. The molecule has 0 aromatic carbocycles. The first-order valence-electron chi connectivity index (χ1n) is 6.40. The van der Waals surface area contributed by atoms with Gasteiger partial charge in [0.25, 0.3) is 0 Å². The summed E-state index contributed by atoms with van der Waals surface area (Å²) >= 11 is 0. The zero-order valence-corrected chi connectivity index (χ0v) is 11.7. The van der Waals surface area contributed by atoms with E-state index in [4.69, 9.17) is 9.57 Å². The van der Waals surface area contributed by atoms with Gasteiger partial charge in [0, 0.05) is 19.0 Å². The van der Waals surface area contributed by atoms with Gasteiger partial charge in [-0.3, -0.25) is 0 Å². The van der Waals surface area contributed by atoms with Gasteiger partial charge in [-0.15, -0.1) is 0 Å². The van der Waals surface area contributed by atoms with Gasteiger partial charge in [-0.2, -0.15) is 0 Å². The van der Waals surface area contributed by atoms with Gasteiger partial charge in [0.05, 0.1) is 6.04 Å². The molecule has 1 saturated heterocycles. The molecule has 2 N–H and O–H groups in total. The van der Waals surface area contributed by atoms with Crippen molar-refractivity contribution < 1.29 is 14.4 Å². The molecule has 0 saturated carbocycles. The molecule has 1 fully saturated rings. The fourth-order valence-electron chi connectivity index (χ4n) is 1.45. The molecule has 6 nitrogen and oxygen atoms in total. The third-order valence-electron chi connectivity index (χ3n) is 2.46. The Morgan fingerprint density at radius 3 is 3.05 bits per heavy atom. The highest BCUT2D eigenvalue weighted by molar-refractivity contribution is 6.01. The minimum atomic E-state index is -0.354. The second-order valence-electron chi connectivity index (χ2n) is 4.48. The van der Waals surface area contributed by atoms with Crippen molar-refractivity contribution >= 4 is 11.8 Å². The van der Waals surface area contributed by atoms with Gasteiger partial charge in [-0.1, -0.05) is 24.9 Å². The number of carbonyl (C=O) groups excluding carboxylic acids is 1. The summed E-state index contributed by atoms with van der Waals surface area (Å²) in [6, 6.07) is 0.0354. The highest BCUT2D eigenvalue weighted by Crippen LogP contribution is 1.97. The average Bonchev–Trinajstić information content (AvgIpc) is 2.77. The lowest BCUT2D eigenvalue weighted by Crippen LogP contribution is -2.37. The highest BCUT2D eigenvalue weighted by atomic mass is 16.6. The molecule has 1 rings (SSSR count). The molecule has 6 heteroatoms. The Kier molecular flexibility index (Phi) is 6.75. The minimum Gasteiger partial charge on any atom is -0.447 e. The number of amides is 1. The van der Waals surface area contributed by atoms with E-state index in [0.717, 1.165) is 5.71 Å². The summed E-state index contributed by atoms with van der Waals surface area (Å²) < 4.78 is 4.77. The maximum absolute atomic E-state index is 10.8. The van der Waals surface area contributed by atoms with Crippen molar-refractivity contribution in [2.24, 2.45) is 11.1 Å². The first-order valence-corrected chi connectivity index (χ1v) is 6.40. The van der Waals surface area contributed by atoms with Crippen LogP contribution in [-0.2, 0) is 9.57 Å². The summed E-state index contributed by atoms with van der Waals surface area (Å²) in [5.41, 5.74) is 0.749. The quantitative estimate of drug-likeness (QED) is 0.309. The molecule has 19 heavy (non-hydrogen) atoms. The monoisotopic (exact) mass is 267 g/mol. The third-order valence-corrected chi connectivity index (χ3v) is 2.46. The average molecular weight is 267 g/mol. The number of oxime groups is 1. The van der Waals surface area contributed by atoms with Crippen LogP contribution in [0.2, 0.25) is 0 Å². The Morgan fingerprint density at radius 1 is 1.68 bits per heavy atom. The lowest BCUT2D eigenvalue weighted by atomic mass is 10.1. The van der Waals surface area contributed by atoms with E-state index in [1.807, 2.05) is 13.8 Å². The van der Waals surface area contributed by atoms with Crippen molar-refractivity contribution in [3.63, 3.8) is 0 Å². The normalized spacial score (nSPS) is 18.6. The summed E-state index contributed by atoms with van der Waals surface area (Å²) in [6.07, 6.45) is -0.354. The van der Waals surface area contributed by atoms with E-state index in [1.54, 1.807) is 6.92 Å². The molecule has 0 unspecified atom stereocenters. The lowest BCUT2D eigenvalue weighted by molar-refractivity contribution is 0.144.